The van der Waals surface area contributed by atoms with Gasteiger partial charge in [-0.2, -0.15) is 0 Å². The number of nitrogens with two attached hydrogens (primary N) is 1. The van der Waals surface area contributed by atoms with Crippen LogP contribution in [0.1, 0.15) is 52.8 Å². The molecule has 2 N–H and O–H groups in total. The lowest BCUT2D eigenvalue weighted by Gasteiger charge is -2.46. The molecule has 0 heterocycles. The van der Waals surface area contributed by atoms with Gasteiger partial charge in [0.05, 0.1) is 5.41 Å². The molecule has 0 bridgehead atoms. The highest BCUT2D eigenvalue weighted by molar-refractivity contribution is 5.96. The third kappa shape index (κ3) is 5.55. The van der Waals surface area contributed by atoms with E-state index in [1.54, 1.807) is 0 Å². The first kappa shape index (κ1) is 34.1. The first-order chi connectivity index (χ1) is 26.9. The van der Waals surface area contributed by atoms with Gasteiger partial charge in [-0.3, -0.25) is 0 Å². The third-order valence-electron chi connectivity index (χ3n) is 11.7. The molecule has 10 rings (SSSR count). The lowest BCUT2D eigenvalue weighted by Crippen LogP contribution is -2.40. The molecule has 2 aliphatic rings. The van der Waals surface area contributed by atoms with Gasteiger partial charge in [-0.05, 0) is 107 Å². The molecule has 55 heavy (non-hydrogen) atoms. The van der Waals surface area contributed by atoms with Gasteiger partial charge in [0.25, 0.3) is 0 Å². The van der Waals surface area contributed by atoms with Crippen molar-refractivity contribution in [3.05, 3.63) is 244 Å². The van der Waals surface area contributed by atoms with E-state index in [1.165, 1.54) is 82.4 Å². The Labute approximate surface area is 324 Å². The zero-order valence-corrected chi connectivity index (χ0v) is 31.3. The minimum Gasteiger partial charge on any atom is -0.399 e. The molecule has 0 saturated carbocycles. The van der Waals surface area contributed by atoms with Crippen LogP contribution in [0.4, 0.5) is 5.69 Å². The molecule has 2 aliphatic carbocycles. The molecule has 0 amide bonds. The van der Waals surface area contributed by atoms with E-state index in [1.807, 2.05) is 30.4 Å². The normalized spacial score (nSPS) is 14.7. The Balaban J connectivity index is 0.000000169. The third-order valence-corrected chi connectivity index (χ3v) is 11.7. The topological polar surface area (TPSA) is 26.0 Å². The molecule has 1 heteroatoms. The minimum atomic E-state index is -0.349. The van der Waals surface area contributed by atoms with Crippen molar-refractivity contribution >= 4 is 28.6 Å². The summed E-state index contributed by atoms with van der Waals surface area (Å²) in [5.41, 5.74) is 21.0. The molecular weight excluding hydrogens is 663 g/mol. The maximum absolute atomic E-state index is 6.04. The summed E-state index contributed by atoms with van der Waals surface area (Å²) in [6, 6.07) is 65.6. The van der Waals surface area contributed by atoms with Crippen molar-refractivity contribution in [3.8, 4) is 22.3 Å². The SMILES string of the molecule is C=C/C=c1/cccc/c1=C/c1ccc2ccccc2c1.CC1(C)c2ccccc2C2(c3ccccc3-c3c(-c4ccc(N)cc4)cccc32)c2ccccc21. The van der Waals surface area contributed by atoms with Crippen molar-refractivity contribution in [2.24, 2.45) is 0 Å². The van der Waals surface area contributed by atoms with E-state index >= 15 is 0 Å². The molecule has 0 fully saturated rings. The summed E-state index contributed by atoms with van der Waals surface area (Å²) >= 11 is 0. The molecule has 1 spiro atoms. The van der Waals surface area contributed by atoms with Crippen molar-refractivity contribution in [1.82, 2.24) is 0 Å². The highest BCUT2D eigenvalue weighted by atomic mass is 14.6. The van der Waals surface area contributed by atoms with Gasteiger partial charge in [-0.25, -0.2) is 0 Å². The van der Waals surface area contributed by atoms with Crippen LogP contribution in [0.2, 0.25) is 0 Å². The van der Waals surface area contributed by atoms with E-state index in [-0.39, 0.29) is 10.8 Å². The fourth-order valence-corrected chi connectivity index (χ4v) is 9.21. The summed E-state index contributed by atoms with van der Waals surface area (Å²) in [6.07, 6.45) is 6.07. The van der Waals surface area contributed by atoms with Gasteiger partial charge in [-0.1, -0.05) is 196 Å². The summed E-state index contributed by atoms with van der Waals surface area (Å²) in [5, 5.41) is 4.94. The molecule has 0 aliphatic heterocycles. The Morgan fingerprint density at radius 1 is 0.473 bits per heavy atom. The van der Waals surface area contributed by atoms with Crippen molar-refractivity contribution in [2.75, 3.05) is 5.73 Å². The highest BCUT2D eigenvalue weighted by Crippen LogP contribution is 2.63. The molecule has 0 aromatic heterocycles. The van der Waals surface area contributed by atoms with Crippen molar-refractivity contribution in [1.29, 1.82) is 0 Å². The Morgan fingerprint density at radius 3 is 1.71 bits per heavy atom. The standard InChI is InChI=1S/C34H27N.C20H16/c1-33(2)27-13-5-7-15-29(27)34(30-16-8-6-14-28(30)33)26-12-4-3-10-25(26)32-24(11-9-17-31(32)34)22-18-20-23(35)21-19-22;1-2-7-17-8-3-5-10-19(17)14-16-12-13-18-9-4-6-11-20(18)15-16/h3-21H,35H2,1-2H3;2-15H,1H2/b;17-7-,19-14-. The van der Waals surface area contributed by atoms with E-state index in [9.17, 15) is 0 Å². The number of rotatable bonds is 3. The van der Waals surface area contributed by atoms with Crippen LogP contribution in [0.3, 0.4) is 0 Å². The Bertz CT molecular complexity index is 2820. The Hall–Kier alpha value is -6.70. The van der Waals surface area contributed by atoms with E-state index in [0.29, 0.717) is 0 Å². The van der Waals surface area contributed by atoms with Crippen LogP contribution < -0.4 is 16.2 Å². The van der Waals surface area contributed by atoms with Crippen LogP contribution in [-0.4, -0.2) is 0 Å². The van der Waals surface area contributed by atoms with Gasteiger partial charge in [0.2, 0.25) is 0 Å². The molecule has 0 unspecified atom stereocenters. The van der Waals surface area contributed by atoms with Gasteiger partial charge in [0, 0.05) is 11.1 Å². The molecule has 8 aromatic carbocycles. The summed E-state index contributed by atoms with van der Waals surface area (Å²) in [4.78, 5) is 0. The Kier molecular flexibility index (Phi) is 8.44. The van der Waals surface area contributed by atoms with Crippen LogP contribution in [0.5, 0.6) is 0 Å². The van der Waals surface area contributed by atoms with Crippen LogP contribution in [0.15, 0.2) is 195 Å². The van der Waals surface area contributed by atoms with Crippen LogP contribution >= 0.6 is 0 Å². The highest BCUT2D eigenvalue weighted by Gasteiger charge is 2.53. The molecule has 0 atom stereocenters. The Morgan fingerprint density at radius 2 is 1.02 bits per heavy atom. The maximum Gasteiger partial charge on any atom is 0.0719 e. The van der Waals surface area contributed by atoms with E-state index < -0.39 is 0 Å². The monoisotopic (exact) mass is 705 g/mol. The number of benzene rings is 8. The summed E-state index contributed by atoms with van der Waals surface area (Å²) in [5.74, 6) is 0. The smallest absolute Gasteiger partial charge is 0.0719 e. The second-order valence-corrected chi connectivity index (χ2v) is 15.1. The zero-order valence-electron chi connectivity index (χ0n) is 31.3. The second kappa shape index (κ2) is 13.6. The average molecular weight is 706 g/mol. The zero-order chi connectivity index (χ0) is 37.6. The van der Waals surface area contributed by atoms with Gasteiger partial charge < -0.3 is 5.73 Å². The number of fused-ring (bicyclic) bond motifs is 10. The predicted molar refractivity (Wildman–Crippen MR) is 234 cm³/mol. The number of hydrogen-bond donors (Lipinski definition) is 1. The number of nitrogen functional groups attached to an aromatic ring is 1. The van der Waals surface area contributed by atoms with Crippen LogP contribution in [-0.2, 0) is 10.8 Å². The molecular formula is C54H43N. The lowest BCUT2D eigenvalue weighted by atomic mass is 9.55. The van der Waals surface area contributed by atoms with E-state index in [4.69, 9.17) is 5.73 Å². The predicted octanol–water partition coefficient (Wildman–Crippen LogP) is 11.6. The lowest BCUT2D eigenvalue weighted by molar-refractivity contribution is 0.563. The molecule has 0 radical (unpaired) electrons. The number of allylic oxidation sites excluding steroid dienone is 1. The molecule has 8 aromatic rings. The minimum absolute atomic E-state index is 0.0787. The fourth-order valence-electron chi connectivity index (χ4n) is 9.21. The first-order valence-electron chi connectivity index (χ1n) is 19.1. The number of hydrogen-bond acceptors (Lipinski definition) is 1. The van der Waals surface area contributed by atoms with Crippen molar-refractivity contribution < 1.29 is 0 Å². The van der Waals surface area contributed by atoms with Gasteiger partial charge in [0.15, 0.2) is 0 Å². The fraction of sp³-hybridized carbons (Fsp3) is 0.0741. The summed E-state index contributed by atoms with van der Waals surface area (Å²) < 4.78 is 0. The second-order valence-electron chi connectivity index (χ2n) is 15.1. The van der Waals surface area contributed by atoms with E-state index in [2.05, 4.69) is 190 Å². The van der Waals surface area contributed by atoms with Gasteiger partial charge >= 0.3 is 0 Å². The van der Waals surface area contributed by atoms with Crippen LogP contribution in [0.25, 0.3) is 45.2 Å². The van der Waals surface area contributed by atoms with E-state index in [0.717, 1.165) is 5.69 Å². The number of anilines is 1. The van der Waals surface area contributed by atoms with Gasteiger partial charge in [-0.15, -0.1) is 0 Å². The molecule has 264 valence electrons. The largest absolute Gasteiger partial charge is 0.399 e. The first-order valence-corrected chi connectivity index (χ1v) is 19.1. The van der Waals surface area contributed by atoms with Crippen molar-refractivity contribution in [2.45, 2.75) is 24.7 Å². The molecule has 1 nitrogen and oxygen atoms in total. The molecule has 0 saturated heterocycles. The maximum atomic E-state index is 6.04. The summed E-state index contributed by atoms with van der Waals surface area (Å²) in [6.45, 7) is 8.51. The van der Waals surface area contributed by atoms with Crippen LogP contribution in [0, 0.1) is 0 Å². The average Bonchev–Trinajstić information content (AvgIpc) is 3.53. The quantitative estimate of drug-likeness (QED) is 0.182. The van der Waals surface area contributed by atoms with Crippen molar-refractivity contribution in [3.63, 3.8) is 0 Å². The van der Waals surface area contributed by atoms with Gasteiger partial charge in [0.1, 0.15) is 0 Å². The summed E-state index contributed by atoms with van der Waals surface area (Å²) in [7, 11) is 0.